The second kappa shape index (κ2) is 11.9. The highest BCUT2D eigenvalue weighted by atomic mass is 35.5. The summed E-state index contributed by atoms with van der Waals surface area (Å²) in [6.45, 7) is 5.76. The number of nitrogens with one attached hydrogen (secondary N) is 2. The van der Waals surface area contributed by atoms with Gasteiger partial charge in [-0.25, -0.2) is 0 Å². The van der Waals surface area contributed by atoms with Crippen LogP contribution in [0.1, 0.15) is 68.4 Å². The van der Waals surface area contributed by atoms with Gasteiger partial charge in [-0.3, -0.25) is 9.59 Å². The number of piperidine rings is 1. The summed E-state index contributed by atoms with van der Waals surface area (Å²) in [5.74, 6) is 1.17. The van der Waals surface area contributed by atoms with E-state index in [-0.39, 0.29) is 17.7 Å². The van der Waals surface area contributed by atoms with Crippen LogP contribution in [0.25, 0.3) is 0 Å². The minimum Gasteiger partial charge on any atom is -0.356 e. The molecule has 1 aliphatic carbocycles. The van der Waals surface area contributed by atoms with E-state index in [4.69, 9.17) is 11.6 Å². The number of anilines is 1. The Balaban J connectivity index is 1.14. The summed E-state index contributed by atoms with van der Waals surface area (Å²) >= 11 is 5.94. The first-order valence-corrected chi connectivity index (χ1v) is 13.0. The molecule has 2 N–H and O–H groups in total. The number of rotatable bonds is 10. The van der Waals surface area contributed by atoms with E-state index in [2.05, 4.69) is 33.7 Å². The Morgan fingerprint density at radius 3 is 2.50 bits per heavy atom. The van der Waals surface area contributed by atoms with E-state index in [1.54, 1.807) is 0 Å². The molecule has 1 saturated carbocycles. The molecule has 2 aliphatic rings. The number of likely N-dealkylation sites (tertiary alicyclic amines) is 1. The molecular formula is C28H36ClN3O2. The third kappa shape index (κ3) is 7.31. The highest BCUT2D eigenvalue weighted by Gasteiger charge is 2.25. The fourth-order valence-electron chi connectivity index (χ4n) is 4.73. The van der Waals surface area contributed by atoms with Gasteiger partial charge in [-0.1, -0.05) is 35.9 Å². The molecule has 1 saturated heterocycles. The van der Waals surface area contributed by atoms with Crippen molar-refractivity contribution >= 4 is 29.1 Å². The van der Waals surface area contributed by atoms with E-state index in [1.165, 1.54) is 18.4 Å². The second-order valence-corrected chi connectivity index (χ2v) is 10.3. The molecule has 5 nitrogen and oxygen atoms in total. The Morgan fingerprint density at radius 2 is 1.79 bits per heavy atom. The predicted octanol–water partition coefficient (Wildman–Crippen LogP) is 5.57. The van der Waals surface area contributed by atoms with Crippen molar-refractivity contribution in [3.05, 3.63) is 64.7 Å². The smallest absolute Gasteiger partial charge is 0.227 e. The first-order valence-electron chi connectivity index (χ1n) is 12.6. The van der Waals surface area contributed by atoms with Crippen molar-refractivity contribution < 1.29 is 9.59 Å². The molecule has 1 unspecified atom stereocenters. The van der Waals surface area contributed by atoms with Gasteiger partial charge in [-0.2, -0.15) is 0 Å². The van der Waals surface area contributed by atoms with Crippen LogP contribution in [0.2, 0.25) is 5.02 Å². The summed E-state index contributed by atoms with van der Waals surface area (Å²) < 4.78 is 0. The van der Waals surface area contributed by atoms with Crippen LogP contribution in [0.4, 0.5) is 5.69 Å². The van der Waals surface area contributed by atoms with Crippen LogP contribution >= 0.6 is 11.6 Å². The summed E-state index contributed by atoms with van der Waals surface area (Å²) in [4.78, 5) is 27.1. The summed E-state index contributed by atoms with van der Waals surface area (Å²) in [5, 5.41) is 6.83. The third-order valence-corrected chi connectivity index (χ3v) is 7.37. The van der Waals surface area contributed by atoms with Gasteiger partial charge in [-0.15, -0.1) is 0 Å². The van der Waals surface area contributed by atoms with Gasteiger partial charge in [0.2, 0.25) is 11.8 Å². The fourth-order valence-corrected chi connectivity index (χ4v) is 4.85. The van der Waals surface area contributed by atoms with Crippen molar-refractivity contribution in [2.24, 2.45) is 5.92 Å². The maximum Gasteiger partial charge on any atom is 0.227 e. The first kappa shape index (κ1) is 24.7. The summed E-state index contributed by atoms with van der Waals surface area (Å²) in [7, 11) is 0. The average Bonchev–Trinajstić information content (AvgIpc) is 3.66. The zero-order valence-corrected chi connectivity index (χ0v) is 20.8. The number of halogens is 1. The van der Waals surface area contributed by atoms with Crippen LogP contribution in [0.15, 0.2) is 48.5 Å². The van der Waals surface area contributed by atoms with Crippen molar-refractivity contribution in [3.8, 4) is 0 Å². The largest absolute Gasteiger partial charge is 0.356 e. The lowest BCUT2D eigenvalue weighted by atomic mass is 9.89. The quantitative estimate of drug-likeness (QED) is 0.436. The SMILES string of the molecule is CC(C(=O)NCCCN1CCC(c2cccc(NC(=O)CC3CC3)c2)CC1)c1ccc(Cl)cc1. The van der Waals surface area contributed by atoms with E-state index in [1.807, 2.05) is 37.3 Å². The van der Waals surface area contributed by atoms with Crippen molar-refractivity contribution in [2.45, 2.75) is 57.3 Å². The number of benzene rings is 2. The monoisotopic (exact) mass is 481 g/mol. The number of hydrogen-bond donors (Lipinski definition) is 2. The molecule has 4 rings (SSSR count). The van der Waals surface area contributed by atoms with Gasteiger partial charge >= 0.3 is 0 Å². The minimum atomic E-state index is -0.178. The molecule has 0 spiro atoms. The molecule has 2 aromatic carbocycles. The van der Waals surface area contributed by atoms with Gasteiger partial charge in [-0.05, 0) is 106 Å². The molecule has 1 heterocycles. The first-order chi connectivity index (χ1) is 16.5. The minimum absolute atomic E-state index is 0.0603. The van der Waals surface area contributed by atoms with Crippen molar-refractivity contribution in [2.75, 3.05) is 31.5 Å². The normalized spacial score (nSPS) is 17.8. The van der Waals surface area contributed by atoms with E-state index < -0.39 is 0 Å². The van der Waals surface area contributed by atoms with Crippen molar-refractivity contribution in [1.82, 2.24) is 10.2 Å². The molecule has 182 valence electrons. The van der Waals surface area contributed by atoms with Gasteiger partial charge in [0.15, 0.2) is 0 Å². The van der Waals surface area contributed by atoms with Crippen molar-refractivity contribution in [3.63, 3.8) is 0 Å². The molecule has 1 aliphatic heterocycles. The lowest BCUT2D eigenvalue weighted by Gasteiger charge is -2.32. The van der Waals surface area contributed by atoms with E-state index in [9.17, 15) is 9.59 Å². The topological polar surface area (TPSA) is 61.4 Å². The molecule has 2 aromatic rings. The second-order valence-electron chi connectivity index (χ2n) is 9.85. The van der Waals surface area contributed by atoms with E-state index in [0.717, 1.165) is 50.1 Å². The Labute approximate surface area is 208 Å². The van der Waals surface area contributed by atoms with Crippen LogP contribution in [-0.4, -0.2) is 42.9 Å². The molecule has 2 fully saturated rings. The molecule has 0 aromatic heterocycles. The van der Waals surface area contributed by atoms with Crippen LogP contribution in [-0.2, 0) is 9.59 Å². The lowest BCUT2D eigenvalue weighted by molar-refractivity contribution is -0.122. The van der Waals surface area contributed by atoms with Gasteiger partial charge < -0.3 is 15.5 Å². The Bertz CT molecular complexity index is 966. The van der Waals surface area contributed by atoms with E-state index in [0.29, 0.717) is 29.8 Å². The standard InChI is InChI=1S/C28H36ClN3O2/c1-20(22-8-10-25(29)11-9-22)28(34)30-14-3-15-32-16-12-23(13-17-32)24-4-2-5-26(19-24)31-27(33)18-21-6-7-21/h2,4-5,8-11,19-21,23H,3,6-7,12-18H2,1H3,(H,30,34)(H,31,33). The number of nitrogens with zero attached hydrogens (tertiary/aromatic N) is 1. The number of hydrogen-bond acceptors (Lipinski definition) is 3. The van der Waals surface area contributed by atoms with Crippen LogP contribution in [0.5, 0.6) is 0 Å². The molecule has 0 bridgehead atoms. The van der Waals surface area contributed by atoms with Gasteiger partial charge in [0.25, 0.3) is 0 Å². The maximum absolute atomic E-state index is 12.4. The fraction of sp³-hybridized carbons (Fsp3) is 0.500. The Kier molecular flexibility index (Phi) is 8.63. The molecular weight excluding hydrogens is 446 g/mol. The zero-order chi connectivity index (χ0) is 23.9. The molecule has 2 amide bonds. The maximum atomic E-state index is 12.4. The highest BCUT2D eigenvalue weighted by molar-refractivity contribution is 6.30. The highest BCUT2D eigenvalue weighted by Crippen LogP contribution is 2.33. The molecule has 0 radical (unpaired) electrons. The summed E-state index contributed by atoms with van der Waals surface area (Å²) in [6.07, 6.45) is 6.25. The lowest BCUT2D eigenvalue weighted by Crippen LogP contribution is -2.36. The van der Waals surface area contributed by atoms with Gasteiger partial charge in [0.1, 0.15) is 0 Å². The number of carbonyl (C=O) groups is 2. The van der Waals surface area contributed by atoms with E-state index >= 15 is 0 Å². The summed E-state index contributed by atoms with van der Waals surface area (Å²) in [6, 6.07) is 15.9. The van der Waals surface area contributed by atoms with Crippen LogP contribution < -0.4 is 10.6 Å². The zero-order valence-electron chi connectivity index (χ0n) is 20.1. The third-order valence-electron chi connectivity index (χ3n) is 7.11. The van der Waals surface area contributed by atoms with Gasteiger partial charge in [0.05, 0.1) is 5.92 Å². The predicted molar refractivity (Wildman–Crippen MR) is 138 cm³/mol. The number of amides is 2. The molecule has 6 heteroatoms. The number of carbonyl (C=O) groups excluding carboxylic acids is 2. The Morgan fingerprint density at radius 1 is 1.06 bits per heavy atom. The summed E-state index contributed by atoms with van der Waals surface area (Å²) in [5.41, 5.74) is 3.23. The van der Waals surface area contributed by atoms with Crippen LogP contribution in [0.3, 0.4) is 0 Å². The van der Waals surface area contributed by atoms with Crippen molar-refractivity contribution in [1.29, 1.82) is 0 Å². The van der Waals surface area contributed by atoms with Crippen LogP contribution in [0, 0.1) is 5.92 Å². The van der Waals surface area contributed by atoms with Gasteiger partial charge in [0, 0.05) is 23.7 Å². The average molecular weight is 482 g/mol. The molecule has 34 heavy (non-hydrogen) atoms. The molecule has 1 atom stereocenters. The Hall–Kier alpha value is -2.37.